The summed E-state index contributed by atoms with van der Waals surface area (Å²) < 4.78 is 15.4. The van der Waals surface area contributed by atoms with Gasteiger partial charge in [0.1, 0.15) is 0 Å². The van der Waals surface area contributed by atoms with Crippen molar-refractivity contribution in [2.75, 3.05) is 6.61 Å². The lowest BCUT2D eigenvalue weighted by Gasteiger charge is -2.13. The van der Waals surface area contributed by atoms with Crippen molar-refractivity contribution >= 4 is 11.8 Å². The highest BCUT2D eigenvalue weighted by Crippen LogP contribution is 2.22. The Hall–Kier alpha value is -3.22. The van der Waals surface area contributed by atoms with Crippen molar-refractivity contribution in [2.45, 2.75) is 40.5 Å². The molecule has 0 aliphatic carbocycles. The summed E-state index contributed by atoms with van der Waals surface area (Å²) in [5, 5.41) is 3.80. The Balaban J connectivity index is 1.53. The van der Waals surface area contributed by atoms with E-state index in [9.17, 15) is 9.59 Å². The van der Waals surface area contributed by atoms with E-state index >= 15 is 0 Å². The highest BCUT2D eigenvalue weighted by molar-refractivity contribution is 5.99. The highest BCUT2D eigenvalue weighted by atomic mass is 16.5. The van der Waals surface area contributed by atoms with Gasteiger partial charge in [0.15, 0.2) is 12.4 Å². The number of hydrogen-bond donors (Lipinski definition) is 0. The van der Waals surface area contributed by atoms with Crippen molar-refractivity contribution in [2.24, 2.45) is 0 Å². The number of hydrogen-bond acceptors (Lipinski definition) is 7. The molecule has 0 radical (unpaired) electrons. The van der Waals surface area contributed by atoms with E-state index in [1.807, 2.05) is 33.8 Å². The average Bonchev–Trinajstić information content (AvgIpc) is 3.37. The van der Waals surface area contributed by atoms with E-state index in [0.29, 0.717) is 23.0 Å². The molecule has 0 saturated heterocycles. The monoisotopic (exact) mass is 382 g/mol. The number of nitrogens with zero attached hydrogens (tertiary/aromatic N) is 2. The quantitative estimate of drug-likeness (QED) is 0.451. The molecule has 0 amide bonds. The van der Waals surface area contributed by atoms with Crippen LogP contribution in [0.3, 0.4) is 0 Å². The topological polar surface area (TPSA) is 95.4 Å². The number of aryl methyl sites for hydroxylation is 2. The zero-order valence-electron chi connectivity index (χ0n) is 16.4. The number of ether oxygens (including phenoxy) is 1. The Labute approximate surface area is 162 Å². The van der Waals surface area contributed by atoms with Crippen molar-refractivity contribution < 1.29 is 23.3 Å². The number of carbonyl (C=O) groups is 2. The van der Waals surface area contributed by atoms with Gasteiger partial charge >= 0.3 is 5.97 Å². The molecular weight excluding hydrogens is 360 g/mol. The number of furan rings is 1. The van der Waals surface area contributed by atoms with Crippen LogP contribution in [0.4, 0.5) is 0 Å². The van der Waals surface area contributed by atoms with E-state index in [0.717, 1.165) is 16.7 Å². The Morgan fingerprint density at radius 3 is 2.61 bits per heavy atom. The molecule has 0 bridgehead atoms. The van der Waals surface area contributed by atoms with Crippen LogP contribution in [0.15, 0.2) is 33.4 Å². The molecule has 0 aliphatic rings. The smallest absolute Gasteiger partial charge is 0.306 e. The van der Waals surface area contributed by atoms with Crippen LogP contribution in [0.1, 0.15) is 44.9 Å². The minimum Gasteiger partial charge on any atom is -0.461 e. The second kappa shape index (κ2) is 8.21. The number of aromatic nitrogens is 2. The van der Waals surface area contributed by atoms with Gasteiger partial charge in [-0.15, -0.1) is 0 Å². The number of benzene rings is 1. The van der Waals surface area contributed by atoms with E-state index in [-0.39, 0.29) is 25.2 Å². The molecule has 0 aliphatic heterocycles. The van der Waals surface area contributed by atoms with Crippen LogP contribution in [0.5, 0.6) is 0 Å². The molecule has 0 fully saturated rings. The molecule has 0 unspecified atom stereocenters. The molecule has 0 atom stereocenters. The first kappa shape index (κ1) is 19.5. The SMILES string of the molecule is Cc1cc(C(=O)COC(=O)CCc2nc(-c3ccco3)no2)c(C)c(C)c1C. The van der Waals surface area contributed by atoms with Gasteiger partial charge in [0, 0.05) is 12.0 Å². The standard InChI is InChI=1S/C21H22N2O5/c1-12-10-16(15(4)14(3)13(12)2)17(24)11-27-20(25)8-7-19-22-21(23-28-19)18-6-5-9-26-18/h5-6,9-10H,7-8,11H2,1-4H3. The van der Waals surface area contributed by atoms with Gasteiger partial charge < -0.3 is 13.7 Å². The molecule has 1 aromatic carbocycles. The summed E-state index contributed by atoms with van der Waals surface area (Å²) in [6.07, 6.45) is 1.78. The lowest BCUT2D eigenvalue weighted by molar-refractivity contribution is -0.142. The predicted octanol–water partition coefficient (Wildman–Crippen LogP) is 3.92. The lowest BCUT2D eigenvalue weighted by atomic mass is 9.93. The minimum atomic E-state index is -0.496. The third kappa shape index (κ3) is 4.19. The largest absolute Gasteiger partial charge is 0.461 e. The van der Waals surface area contributed by atoms with E-state index in [2.05, 4.69) is 10.1 Å². The lowest BCUT2D eigenvalue weighted by Crippen LogP contribution is -2.16. The molecule has 28 heavy (non-hydrogen) atoms. The fraction of sp³-hybridized carbons (Fsp3) is 0.333. The number of ketones is 1. The molecule has 7 nitrogen and oxygen atoms in total. The van der Waals surface area contributed by atoms with Crippen LogP contribution < -0.4 is 0 Å². The molecule has 7 heteroatoms. The van der Waals surface area contributed by atoms with Gasteiger partial charge in [0.2, 0.25) is 17.5 Å². The second-order valence-corrected chi connectivity index (χ2v) is 6.69. The van der Waals surface area contributed by atoms with Crippen LogP contribution in [-0.4, -0.2) is 28.5 Å². The fourth-order valence-corrected chi connectivity index (χ4v) is 2.87. The summed E-state index contributed by atoms with van der Waals surface area (Å²) in [6.45, 7) is 7.60. The molecular formula is C21H22N2O5. The van der Waals surface area contributed by atoms with Gasteiger partial charge in [-0.3, -0.25) is 9.59 Å². The van der Waals surface area contributed by atoms with Crippen molar-refractivity contribution in [3.63, 3.8) is 0 Å². The van der Waals surface area contributed by atoms with Crippen molar-refractivity contribution in [3.8, 4) is 11.6 Å². The Kier molecular flexibility index (Phi) is 5.73. The molecule has 0 N–H and O–H groups in total. The Morgan fingerprint density at radius 2 is 1.89 bits per heavy atom. The third-order valence-electron chi connectivity index (χ3n) is 4.90. The zero-order valence-corrected chi connectivity index (χ0v) is 16.4. The number of Topliss-reactive ketones (excluding diaryl/α,β-unsaturated/α-hetero) is 1. The van der Waals surface area contributed by atoms with E-state index in [1.54, 1.807) is 12.1 Å². The number of rotatable bonds is 7. The maximum Gasteiger partial charge on any atom is 0.306 e. The fourth-order valence-electron chi connectivity index (χ4n) is 2.87. The van der Waals surface area contributed by atoms with Crippen molar-refractivity contribution in [1.29, 1.82) is 0 Å². The normalized spacial score (nSPS) is 10.9. The molecule has 3 aromatic rings. The van der Waals surface area contributed by atoms with Crippen LogP contribution in [0.2, 0.25) is 0 Å². The van der Waals surface area contributed by atoms with Crippen molar-refractivity contribution in [1.82, 2.24) is 10.1 Å². The Morgan fingerprint density at radius 1 is 1.11 bits per heavy atom. The third-order valence-corrected chi connectivity index (χ3v) is 4.90. The highest BCUT2D eigenvalue weighted by Gasteiger charge is 2.17. The summed E-state index contributed by atoms with van der Waals surface area (Å²) >= 11 is 0. The van der Waals surface area contributed by atoms with Crippen LogP contribution >= 0.6 is 0 Å². The van der Waals surface area contributed by atoms with Gasteiger partial charge in [0.25, 0.3) is 0 Å². The van der Waals surface area contributed by atoms with E-state index < -0.39 is 5.97 Å². The molecule has 0 saturated carbocycles. The maximum atomic E-state index is 12.5. The van der Waals surface area contributed by atoms with Gasteiger partial charge in [-0.25, -0.2) is 0 Å². The molecule has 146 valence electrons. The molecule has 2 aromatic heterocycles. The Bertz CT molecular complexity index is 1000. The van der Waals surface area contributed by atoms with Gasteiger partial charge in [-0.2, -0.15) is 4.98 Å². The first-order chi connectivity index (χ1) is 13.4. The van der Waals surface area contributed by atoms with Gasteiger partial charge in [0.05, 0.1) is 12.7 Å². The van der Waals surface area contributed by atoms with Gasteiger partial charge in [-0.05, 0) is 68.1 Å². The maximum absolute atomic E-state index is 12.5. The van der Waals surface area contributed by atoms with E-state index in [1.165, 1.54) is 11.8 Å². The zero-order chi connectivity index (χ0) is 20.3. The predicted molar refractivity (Wildman–Crippen MR) is 101 cm³/mol. The van der Waals surface area contributed by atoms with Crippen LogP contribution in [0.25, 0.3) is 11.6 Å². The number of carbonyl (C=O) groups excluding carboxylic acids is 2. The average molecular weight is 382 g/mol. The van der Waals surface area contributed by atoms with E-state index in [4.69, 9.17) is 13.7 Å². The summed E-state index contributed by atoms with van der Waals surface area (Å²) in [4.78, 5) is 28.6. The molecule has 0 spiro atoms. The summed E-state index contributed by atoms with van der Waals surface area (Å²) in [5.74, 6) is 0.404. The summed E-state index contributed by atoms with van der Waals surface area (Å²) in [5.41, 5.74) is 4.80. The van der Waals surface area contributed by atoms with Crippen molar-refractivity contribution in [3.05, 3.63) is 58.2 Å². The number of esters is 1. The first-order valence-electron chi connectivity index (χ1n) is 8.99. The summed E-state index contributed by atoms with van der Waals surface area (Å²) in [7, 11) is 0. The second-order valence-electron chi connectivity index (χ2n) is 6.69. The van der Waals surface area contributed by atoms with Gasteiger partial charge in [-0.1, -0.05) is 5.16 Å². The van der Waals surface area contributed by atoms with Crippen LogP contribution in [-0.2, 0) is 16.0 Å². The minimum absolute atomic E-state index is 0.0397. The van der Waals surface area contributed by atoms with Crippen LogP contribution in [0, 0.1) is 27.7 Å². The first-order valence-corrected chi connectivity index (χ1v) is 8.99. The summed E-state index contributed by atoms with van der Waals surface area (Å²) in [6, 6.07) is 5.28. The molecule has 3 rings (SSSR count). The molecule has 2 heterocycles.